The van der Waals surface area contributed by atoms with E-state index in [0.29, 0.717) is 29.2 Å². The van der Waals surface area contributed by atoms with Crippen LogP contribution in [0.2, 0.25) is 5.02 Å². The van der Waals surface area contributed by atoms with Gasteiger partial charge in [0.1, 0.15) is 5.75 Å². The van der Waals surface area contributed by atoms with Gasteiger partial charge in [0.25, 0.3) is 0 Å². The van der Waals surface area contributed by atoms with Crippen LogP contribution in [-0.4, -0.2) is 42.3 Å². The number of aromatic nitrogens is 1. The summed E-state index contributed by atoms with van der Waals surface area (Å²) < 4.78 is 47.7. The zero-order valence-corrected chi connectivity index (χ0v) is 16.0. The summed E-state index contributed by atoms with van der Waals surface area (Å²) in [5.41, 5.74) is 1.66. The standard InChI is InChI=1S/C20H18ClF3N2O3/c21-17-10-15(25-5-7-28-8-6-25)9-14-12-26(19(27)18(14)17)11-13-1-3-16(4-2-13)29-20(22,23)24/h1-4,9-10,12,27H,5-8,11H2. The molecular formula is C20H18ClF3N2O3. The molecule has 0 unspecified atom stereocenters. The Balaban J connectivity index is 1.59. The second kappa shape index (κ2) is 7.68. The van der Waals surface area contributed by atoms with Gasteiger partial charge in [0.2, 0.25) is 5.88 Å². The Morgan fingerprint density at radius 3 is 2.45 bits per heavy atom. The molecule has 1 aliphatic heterocycles. The number of hydrogen-bond donors (Lipinski definition) is 1. The molecule has 3 aromatic rings. The summed E-state index contributed by atoms with van der Waals surface area (Å²) in [6, 6.07) is 9.31. The van der Waals surface area contributed by atoms with Crippen LogP contribution in [0.3, 0.4) is 0 Å². The molecule has 0 amide bonds. The van der Waals surface area contributed by atoms with E-state index in [9.17, 15) is 18.3 Å². The van der Waals surface area contributed by atoms with Crippen molar-refractivity contribution >= 4 is 28.1 Å². The third kappa shape index (κ3) is 4.38. The number of anilines is 1. The summed E-state index contributed by atoms with van der Waals surface area (Å²) in [7, 11) is 0. The van der Waals surface area contributed by atoms with Gasteiger partial charge in [0.05, 0.1) is 30.2 Å². The van der Waals surface area contributed by atoms with Crippen molar-refractivity contribution in [3.63, 3.8) is 0 Å². The molecule has 4 rings (SSSR count). The van der Waals surface area contributed by atoms with E-state index in [4.69, 9.17) is 16.3 Å². The summed E-state index contributed by atoms with van der Waals surface area (Å²) in [6.45, 7) is 3.10. The van der Waals surface area contributed by atoms with E-state index in [-0.39, 0.29) is 18.2 Å². The molecular weight excluding hydrogens is 409 g/mol. The van der Waals surface area contributed by atoms with Crippen LogP contribution in [0.5, 0.6) is 11.6 Å². The van der Waals surface area contributed by atoms with E-state index >= 15 is 0 Å². The van der Waals surface area contributed by atoms with Gasteiger partial charge in [-0.1, -0.05) is 23.7 Å². The summed E-state index contributed by atoms with van der Waals surface area (Å²) in [5.74, 6) is -0.282. The maximum Gasteiger partial charge on any atom is 0.573 e. The van der Waals surface area contributed by atoms with Crippen LogP contribution >= 0.6 is 11.6 Å². The quantitative estimate of drug-likeness (QED) is 0.652. The fraction of sp³-hybridized carbons (Fsp3) is 0.300. The van der Waals surface area contributed by atoms with Crippen molar-refractivity contribution in [2.75, 3.05) is 31.2 Å². The maximum atomic E-state index is 12.3. The van der Waals surface area contributed by atoms with Crippen molar-refractivity contribution in [1.82, 2.24) is 4.57 Å². The van der Waals surface area contributed by atoms with Crippen LogP contribution in [0.15, 0.2) is 42.6 Å². The van der Waals surface area contributed by atoms with Gasteiger partial charge in [0, 0.05) is 30.4 Å². The molecule has 1 saturated heterocycles. The molecule has 5 nitrogen and oxygen atoms in total. The molecule has 0 atom stereocenters. The van der Waals surface area contributed by atoms with Gasteiger partial charge in [-0.25, -0.2) is 0 Å². The van der Waals surface area contributed by atoms with Crippen LogP contribution in [0, 0.1) is 0 Å². The smallest absolute Gasteiger partial charge is 0.494 e. The Bertz CT molecular complexity index is 1010. The average Bonchev–Trinajstić information content (AvgIpc) is 2.99. The van der Waals surface area contributed by atoms with E-state index in [1.807, 2.05) is 12.1 Å². The summed E-state index contributed by atoms with van der Waals surface area (Å²) in [4.78, 5) is 2.17. The highest BCUT2D eigenvalue weighted by Crippen LogP contribution is 2.37. The molecule has 9 heteroatoms. The first-order valence-electron chi connectivity index (χ1n) is 8.99. The summed E-state index contributed by atoms with van der Waals surface area (Å²) >= 11 is 6.43. The van der Waals surface area contributed by atoms with Crippen LogP contribution < -0.4 is 9.64 Å². The molecule has 2 aromatic carbocycles. The van der Waals surface area contributed by atoms with Crippen molar-refractivity contribution in [2.45, 2.75) is 12.9 Å². The molecule has 0 bridgehead atoms. The van der Waals surface area contributed by atoms with Crippen molar-refractivity contribution in [3.8, 4) is 11.6 Å². The Morgan fingerprint density at radius 1 is 1.10 bits per heavy atom. The third-order valence-electron chi connectivity index (χ3n) is 4.78. The maximum absolute atomic E-state index is 12.3. The molecule has 1 fully saturated rings. The van der Waals surface area contributed by atoms with Crippen LogP contribution in [-0.2, 0) is 11.3 Å². The normalized spacial score (nSPS) is 15.1. The van der Waals surface area contributed by atoms with Crippen molar-refractivity contribution in [3.05, 3.63) is 53.2 Å². The molecule has 29 heavy (non-hydrogen) atoms. The topological polar surface area (TPSA) is 46.9 Å². The molecule has 0 aliphatic carbocycles. The highest BCUT2D eigenvalue weighted by Gasteiger charge is 2.31. The number of rotatable bonds is 4. The van der Waals surface area contributed by atoms with Gasteiger partial charge >= 0.3 is 6.36 Å². The second-order valence-electron chi connectivity index (χ2n) is 6.76. The zero-order valence-electron chi connectivity index (χ0n) is 15.2. The third-order valence-corrected chi connectivity index (χ3v) is 5.08. The largest absolute Gasteiger partial charge is 0.573 e. The molecule has 154 valence electrons. The van der Waals surface area contributed by atoms with Gasteiger partial charge < -0.3 is 24.0 Å². The Morgan fingerprint density at radius 2 is 1.79 bits per heavy atom. The van der Waals surface area contributed by atoms with Crippen molar-refractivity contribution in [2.24, 2.45) is 0 Å². The Hall–Kier alpha value is -2.58. The summed E-state index contributed by atoms with van der Waals surface area (Å²) in [6.07, 6.45) is -2.95. The van der Waals surface area contributed by atoms with Crippen molar-refractivity contribution in [1.29, 1.82) is 0 Å². The van der Waals surface area contributed by atoms with Gasteiger partial charge in [0.15, 0.2) is 0 Å². The molecule has 1 N–H and O–H groups in total. The van der Waals surface area contributed by atoms with E-state index in [1.165, 1.54) is 24.3 Å². The zero-order chi connectivity index (χ0) is 20.6. The van der Waals surface area contributed by atoms with E-state index in [2.05, 4.69) is 9.64 Å². The van der Waals surface area contributed by atoms with Gasteiger partial charge in [-0.05, 0) is 29.8 Å². The van der Waals surface area contributed by atoms with Crippen LogP contribution in [0.1, 0.15) is 5.56 Å². The number of halogens is 4. The van der Waals surface area contributed by atoms with E-state index < -0.39 is 6.36 Å². The molecule has 1 aromatic heterocycles. The lowest BCUT2D eigenvalue weighted by atomic mass is 10.2. The highest BCUT2D eigenvalue weighted by atomic mass is 35.5. The lowest BCUT2D eigenvalue weighted by molar-refractivity contribution is -0.274. The summed E-state index contributed by atoms with van der Waals surface area (Å²) in [5, 5.41) is 12.4. The predicted molar refractivity (Wildman–Crippen MR) is 104 cm³/mol. The molecule has 0 saturated carbocycles. The number of hydrogen-bond acceptors (Lipinski definition) is 4. The fourth-order valence-electron chi connectivity index (χ4n) is 3.44. The second-order valence-corrected chi connectivity index (χ2v) is 7.17. The molecule has 1 aliphatic rings. The molecule has 0 radical (unpaired) electrons. The minimum atomic E-state index is -4.73. The highest BCUT2D eigenvalue weighted by molar-refractivity contribution is 6.36. The minimum absolute atomic E-state index is 0.00847. The Kier molecular flexibility index (Phi) is 5.23. The lowest BCUT2D eigenvalue weighted by Crippen LogP contribution is -2.36. The lowest BCUT2D eigenvalue weighted by Gasteiger charge is -2.29. The van der Waals surface area contributed by atoms with Gasteiger partial charge in [-0.15, -0.1) is 13.2 Å². The monoisotopic (exact) mass is 426 g/mol. The number of alkyl halides is 3. The average molecular weight is 427 g/mol. The van der Waals surface area contributed by atoms with Crippen molar-refractivity contribution < 1.29 is 27.8 Å². The van der Waals surface area contributed by atoms with E-state index in [0.717, 1.165) is 24.2 Å². The van der Waals surface area contributed by atoms with Crippen LogP contribution in [0.4, 0.5) is 18.9 Å². The number of nitrogens with zero attached hydrogens (tertiary/aromatic N) is 2. The number of benzene rings is 2. The predicted octanol–water partition coefficient (Wildman–Crippen LogP) is 4.78. The number of aromatic hydroxyl groups is 1. The minimum Gasteiger partial charge on any atom is -0.494 e. The first-order chi connectivity index (χ1) is 13.8. The number of morpholine rings is 1. The first kappa shape index (κ1) is 19.7. The van der Waals surface area contributed by atoms with E-state index in [1.54, 1.807) is 10.8 Å². The SMILES string of the molecule is Oc1c2c(Cl)cc(N3CCOCC3)cc2cn1Cc1ccc(OC(F)(F)F)cc1. The van der Waals surface area contributed by atoms with Crippen LogP contribution in [0.25, 0.3) is 10.8 Å². The molecule has 0 spiro atoms. The first-order valence-corrected chi connectivity index (χ1v) is 9.37. The number of fused-ring (bicyclic) bond motifs is 1. The molecule has 2 heterocycles. The number of ether oxygens (including phenoxy) is 2. The Labute approximate surface area is 169 Å². The fourth-order valence-corrected chi connectivity index (χ4v) is 3.75. The van der Waals surface area contributed by atoms with Gasteiger partial charge in [-0.2, -0.15) is 0 Å². The van der Waals surface area contributed by atoms with Gasteiger partial charge in [-0.3, -0.25) is 0 Å².